The maximum Gasteiger partial charge on any atom is 0.0680 e. The average molecular weight is 196 g/mol. The first-order valence-corrected chi connectivity index (χ1v) is 6.01. The van der Waals surface area contributed by atoms with E-state index in [1.807, 2.05) is 0 Å². The third kappa shape index (κ3) is 3.83. The molecule has 0 aromatic carbocycles. The highest BCUT2D eigenvalue weighted by Gasteiger charge is 2.16. The summed E-state index contributed by atoms with van der Waals surface area (Å²) in [6, 6.07) is 0. The molecule has 0 N–H and O–H groups in total. The zero-order chi connectivity index (χ0) is 10.4. The van der Waals surface area contributed by atoms with Gasteiger partial charge in [0.1, 0.15) is 0 Å². The van der Waals surface area contributed by atoms with Crippen molar-refractivity contribution in [1.82, 2.24) is 0 Å². The molecule has 1 heterocycles. The normalized spacial score (nSPS) is 22.9. The number of hydrogen-bond acceptors (Lipinski definition) is 1. The van der Waals surface area contributed by atoms with Crippen LogP contribution in [0, 0.1) is 0 Å². The molecular formula is C13H24O. The Bertz CT molecular complexity index is 193. The van der Waals surface area contributed by atoms with Crippen molar-refractivity contribution in [3.8, 4) is 0 Å². The standard InChI is InChI=1S/C13H24O/c1-4-5-6-7-8-13-9-11(2)12(3)10-14-13/h13H,4-10H2,1-3H3. The van der Waals surface area contributed by atoms with E-state index in [1.165, 1.54) is 37.7 Å². The van der Waals surface area contributed by atoms with Gasteiger partial charge < -0.3 is 4.74 Å². The predicted octanol–water partition coefficient (Wildman–Crippen LogP) is 4.08. The summed E-state index contributed by atoms with van der Waals surface area (Å²) >= 11 is 0. The van der Waals surface area contributed by atoms with Gasteiger partial charge in [0, 0.05) is 0 Å². The van der Waals surface area contributed by atoms with Crippen LogP contribution in [0.5, 0.6) is 0 Å². The first-order valence-electron chi connectivity index (χ1n) is 6.01. The molecule has 1 atom stereocenters. The second-order valence-corrected chi connectivity index (χ2v) is 4.55. The molecule has 1 nitrogen and oxygen atoms in total. The topological polar surface area (TPSA) is 9.23 Å². The van der Waals surface area contributed by atoms with Crippen molar-refractivity contribution < 1.29 is 4.74 Å². The minimum absolute atomic E-state index is 0.510. The van der Waals surface area contributed by atoms with E-state index in [1.54, 1.807) is 5.57 Å². The van der Waals surface area contributed by atoms with Crippen LogP contribution in [0.1, 0.15) is 59.3 Å². The third-order valence-electron chi connectivity index (χ3n) is 3.18. The number of unbranched alkanes of at least 4 members (excludes halogenated alkanes) is 3. The van der Waals surface area contributed by atoms with Crippen LogP contribution in [0.2, 0.25) is 0 Å². The van der Waals surface area contributed by atoms with Crippen molar-refractivity contribution in [2.24, 2.45) is 0 Å². The van der Waals surface area contributed by atoms with Gasteiger partial charge in [-0.2, -0.15) is 0 Å². The molecule has 82 valence electrons. The second-order valence-electron chi connectivity index (χ2n) is 4.55. The summed E-state index contributed by atoms with van der Waals surface area (Å²) in [5.41, 5.74) is 2.99. The summed E-state index contributed by atoms with van der Waals surface area (Å²) < 4.78 is 5.78. The minimum Gasteiger partial charge on any atom is -0.374 e. The van der Waals surface area contributed by atoms with Crippen LogP contribution in [-0.2, 0) is 4.74 Å². The Morgan fingerprint density at radius 1 is 1.14 bits per heavy atom. The fraction of sp³-hybridized carbons (Fsp3) is 0.846. The lowest BCUT2D eigenvalue weighted by Crippen LogP contribution is -2.20. The average Bonchev–Trinajstić information content (AvgIpc) is 2.18. The van der Waals surface area contributed by atoms with Gasteiger partial charge in [-0.3, -0.25) is 0 Å². The molecule has 0 aromatic rings. The summed E-state index contributed by atoms with van der Waals surface area (Å²) in [5.74, 6) is 0. The van der Waals surface area contributed by atoms with Gasteiger partial charge in [0.15, 0.2) is 0 Å². The van der Waals surface area contributed by atoms with E-state index >= 15 is 0 Å². The highest BCUT2D eigenvalue weighted by molar-refractivity contribution is 5.13. The van der Waals surface area contributed by atoms with Gasteiger partial charge in [0.05, 0.1) is 12.7 Å². The Hall–Kier alpha value is -0.300. The van der Waals surface area contributed by atoms with Gasteiger partial charge in [-0.25, -0.2) is 0 Å². The summed E-state index contributed by atoms with van der Waals surface area (Å²) in [6.45, 7) is 7.55. The zero-order valence-electron chi connectivity index (χ0n) is 9.94. The van der Waals surface area contributed by atoms with E-state index in [9.17, 15) is 0 Å². The first-order chi connectivity index (χ1) is 6.74. The Labute approximate surface area is 88.5 Å². The quantitative estimate of drug-likeness (QED) is 0.475. The van der Waals surface area contributed by atoms with E-state index in [2.05, 4.69) is 20.8 Å². The van der Waals surface area contributed by atoms with E-state index in [0.717, 1.165) is 13.0 Å². The second kappa shape index (κ2) is 6.23. The highest BCUT2D eigenvalue weighted by atomic mass is 16.5. The van der Waals surface area contributed by atoms with Crippen molar-refractivity contribution in [2.75, 3.05) is 6.61 Å². The molecule has 0 fully saturated rings. The largest absolute Gasteiger partial charge is 0.374 e. The molecule has 0 amide bonds. The Balaban J connectivity index is 2.15. The van der Waals surface area contributed by atoms with Crippen LogP contribution in [0.15, 0.2) is 11.1 Å². The van der Waals surface area contributed by atoms with Crippen LogP contribution in [-0.4, -0.2) is 12.7 Å². The summed E-state index contributed by atoms with van der Waals surface area (Å²) in [7, 11) is 0. The lowest BCUT2D eigenvalue weighted by Gasteiger charge is -2.25. The Morgan fingerprint density at radius 2 is 1.93 bits per heavy atom. The van der Waals surface area contributed by atoms with Gasteiger partial charge in [0.25, 0.3) is 0 Å². The van der Waals surface area contributed by atoms with E-state index in [0.29, 0.717) is 6.10 Å². The molecule has 1 aliphatic rings. The van der Waals surface area contributed by atoms with E-state index in [-0.39, 0.29) is 0 Å². The van der Waals surface area contributed by atoms with Gasteiger partial charge in [-0.15, -0.1) is 0 Å². The van der Waals surface area contributed by atoms with Crippen LogP contribution < -0.4 is 0 Å². The highest BCUT2D eigenvalue weighted by Crippen LogP contribution is 2.23. The lowest BCUT2D eigenvalue weighted by molar-refractivity contribution is 0.0504. The predicted molar refractivity (Wildman–Crippen MR) is 61.5 cm³/mol. The van der Waals surface area contributed by atoms with Crippen molar-refractivity contribution in [3.05, 3.63) is 11.1 Å². The van der Waals surface area contributed by atoms with Crippen molar-refractivity contribution >= 4 is 0 Å². The van der Waals surface area contributed by atoms with Crippen LogP contribution in [0.3, 0.4) is 0 Å². The molecule has 1 rings (SSSR count). The smallest absolute Gasteiger partial charge is 0.0680 e. The lowest BCUT2D eigenvalue weighted by atomic mass is 9.98. The molecule has 1 unspecified atom stereocenters. The summed E-state index contributed by atoms with van der Waals surface area (Å²) in [5, 5.41) is 0. The zero-order valence-corrected chi connectivity index (χ0v) is 9.94. The molecule has 0 aliphatic carbocycles. The molecule has 0 spiro atoms. The van der Waals surface area contributed by atoms with Gasteiger partial charge in [-0.1, -0.05) is 38.2 Å². The number of rotatable bonds is 5. The molecule has 0 saturated carbocycles. The minimum atomic E-state index is 0.510. The molecule has 0 aromatic heterocycles. The van der Waals surface area contributed by atoms with Crippen molar-refractivity contribution in [3.63, 3.8) is 0 Å². The van der Waals surface area contributed by atoms with Crippen molar-refractivity contribution in [2.45, 2.75) is 65.4 Å². The molecule has 1 aliphatic heterocycles. The van der Waals surface area contributed by atoms with Crippen LogP contribution in [0.25, 0.3) is 0 Å². The van der Waals surface area contributed by atoms with Gasteiger partial charge in [-0.05, 0) is 32.3 Å². The van der Waals surface area contributed by atoms with Crippen LogP contribution >= 0.6 is 0 Å². The summed E-state index contributed by atoms with van der Waals surface area (Å²) in [4.78, 5) is 0. The third-order valence-corrected chi connectivity index (χ3v) is 3.18. The molecule has 0 radical (unpaired) electrons. The monoisotopic (exact) mass is 196 g/mol. The van der Waals surface area contributed by atoms with Gasteiger partial charge >= 0.3 is 0 Å². The first kappa shape index (κ1) is 11.8. The van der Waals surface area contributed by atoms with Crippen molar-refractivity contribution in [1.29, 1.82) is 0 Å². The maximum atomic E-state index is 5.78. The van der Waals surface area contributed by atoms with Crippen LogP contribution in [0.4, 0.5) is 0 Å². The molecular weight excluding hydrogens is 172 g/mol. The SMILES string of the molecule is CCCCCCC1CC(C)=C(C)CO1. The molecule has 14 heavy (non-hydrogen) atoms. The number of ether oxygens (including phenoxy) is 1. The van der Waals surface area contributed by atoms with Gasteiger partial charge in [0.2, 0.25) is 0 Å². The fourth-order valence-corrected chi connectivity index (χ4v) is 1.92. The maximum absolute atomic E-state index is 5.78. The Kier molecular flexibility index (Phi) is 5.24. The molecule has 1 heteroatoms. The molecule has 0 bridgehead atoms. The summed E-state index contributed by atoms with van der Waals surface area (Å²) in [6.07, 6.45) is 8.34. The van der Waals surface area contributed by atoms with E-state index < -0.39 is 0 Å². The number of hydrogen-bond donors (Lipinski definition) is 0. The Morgan fingerprint density at radius 3 is 2.57 bits per heavy atom. The molecule has 0 saturated heterocycles. The fourth-order valence-electron chi connectivity index (χ4n) is 1.92. The van der Waals surface area contributed by atoms with E-state index in [4.69, 9.17) is 4.74 Å².